The number of benzene rings is 1. The molecular formula is C13H14N4S. The average molecular weight is 258 g/mol. The van der Waals surface area contributed by atoms with Crippen LogP contribution in [0.1, 0.15) is 5.56 Å². The van der Waals surface area contributed by atoms with Crippen molar-refractivity contribution >= 4 is 26.7 Å². The highest BCUT2D eigenvalue weighted by molar-refractivity contribution is 7.22. The topological polar surface area (TPSA) is 34.0 Å². The van der Waals surface area contributed by atoms with Gasteiger partial charge < -0.3 is 4.90 Å². The van der Waals surface area contributed by atoms with Gasteiger partial charge in [0.25, 0.3) is 0 Å². The van der Waals surface area contributed by atoms with Crippen LogP contribution in [0.4, 0.5) is 5.13 Å². The van der Waals surface area contributed by atoms with E-state index in [9.17, 15) is 0 Å². The predicted molar refractivity (Wildman–Crippen MR) is 74.9 cm³/mol. The molecule has 2 aromatic heterocycles. The SMILES string of the molecule is CN(Cc1cnn(C)c1)c1nc2ccccc2s1. The van der Waals surface area contributed by atoms with E-state index in [2.05, 4.69) is 28.1 Å². The maximum absolute atomic E-state index is 4.63. The number of hydrogen-bond donors (Lipinski definition) is 0. The largest absolute Gasteiger partial charge is 0.347 e. The molecule has 0 aliphatic carbocycles. The Morgan fingerprint density at radius 2 is 2.17 bits per heavy atom. The third kappa shape index (κ3) is 2.09. The molecule has 0 amide bonds. The summed E-state index contributed by atoms with van der Waals surface area (Å²) in [6.45, 7) is 0.827. The van der Waals surface area contributed by atoms with Crippen LogP contribution in [-0.2, 0) is 13.6 Å². The van der Waals surface area contributed by atoms with Crippen LogP contribution in [0.2, 0.25) is 0 Å². The third-order valence-electron chi connectivity index (χ3n) is 2.79. The lowest BCUT2D eigenvalue weighted by Gasteiger charge is -2.13. The second-order valence-corrected chi connectivity index (χ2v) is 5.35. The van der Waals surface area contributed by atoms with Crippen molar-refractivity contribution in [1.29, 1.82) is 0 Å². The Hall–Kier alpha value is -1.88. The molecule has 0 aliphatic heterocycles. The molecule has 3 aromatic rings. The van der Waals surface area contributed by atoms with Crippen LogP contribution < -0.4 is 4.90 Å². The summed E-state index contributed by atoms with van der Waals surface area (Å²) >= 11 is 1.72. The summed E-state index contributed by atoms with van der Waals surface area (Å²) in [5.74, 6) is 0. The number of aryl methyl sites for hydroxylation is 1. The Morgan fingerprint density at radius 3 is 2.89 bits per heavy atom. The van der Waals surface area contributed by atoms with E-state index < -0.39 is 0 Å². The molecule has 0 atom stereocenters. The molecular weight excluding hydrogens is 244 g/mol. The molecule has 0 N–H and O–H groups in total. The molecule has 0 saturated carbocycles. The van der Waals surface area contributed by atoms with Crippen molar-refractivity contribution in [2.75, 3.05) is 11.9 Å². The Balaban J connectivity index is 1.85. The molecule has 0 unspecified atom stereocenters. The van der Waals surface area contributed by atoms with Gasteiger partial charge in [-0.3, -0.25) is 4.68 Å². The Bertz CT molecular complexity index is 637. The number of thiazole rings is 1. The number of hydrogen-bond acceptors (Lipinski definition) is 4. The quantitative estimate of drug-likeness (QED) is 0.724. The summed E-state index contributed by atoms with van der Waals surface area (Å²) in [5.41, 5.74) is 2.26. The number of fused-ring (bicyclic) bond motifs is 1. The van der Waals surface area contributed by atoms with Crippen LogP contribution in [0.15, 0.2) is 36.7 Å². The minimum absolute atomic E-state index is 0.827. The predicted octanol–water partition coefficient (Wildman–Crippen LogP) is 2.67. The van der Waals surface area contributed by atoms with Gasteiger partial charge in [-0.05, 0) is 12.1 Å². The molecule has 5 heteroatoms. The molecule has 2 heterocycles. The lowest BCUT2D eigenvalue weighted by Crippen LogP contribution is -2.15. The average Bonchev–Trinajstić information content (AvgIpc) is 2.95. The number of para-hydroxylation sites is 1. The molecule has 0 saturated heterocycles. The zero-order chi connectivity index (χ0) is 12.5. The maximum Gasteiger partial charge on any atom is 0.186 e. The first kappa shape index (κ1) is 11.2. The van der Waals surface area contributed by atoms with E-state index in [1.54, 1.807) is 11.3 Å². The fraction of sp³-hybridized carbons (Fsp3) is 0.231. The highest BCUT2D eigenvalue weighted by atomic mass is 32.1. The third-order valence-corrected chi connectivity index (χ3v) is 3.94. The number of nitrogens with zero attached hydrogens (tertiary/aromatic N) is 4. The summed E-state index contributed by atoms with van der Waals surface area (Å²) in [6, 6.07) is 8.22. The lowest BCUT2D eigenvalue weighted by molar-refractivity contribution is 0.766. The zero-order valence-corrected chi connectivity index (χ0v) is 11.2. The monoisotopic (exact) mass is 258 g/mol. The molecule has 0 bridgehead atoms. The molecule has 1 aromatic carbocycles. The van der Waals surface area contributed by atoms with Gasteiger partial charge in [0, 0.05) is 32.4 Å². The van der Waals surface area contributed by atoms with Gasteiger partial charge in [0.05, 0.1) is 16.4 Å². The maximum atomic E-state index is 4.63. The van der Waals surface area contributed by atoms with E-state index in [1.165, 1.54) is 10.3 Å². The Kier molecular flexibility index (Phi) is 2.76. The van der Waals surface area contributed by atoms with Crippen molar-refractivity contribution in [3.8, 4) is 0 Å². The zero-order valence-electron chi connectivity index (χ0n) is 10.4. The number of rotatable bonds is 3. The fourth-order valence-electron chi connectivity index (χ4n) is 1.92. The second-order valence-electron chi connectivity index (χ2n) is 4.34. The van der Waals surface area contributed by atoms with Crippen LogP contribution in [0.3, 0.4) is 0 Å². The van der Waals surface area contributed by atoms with Gasteiger partial charge >= 0.3 is 0 Å². The molecule has 92 valence electrons. The molecule has 0 fully saturated rings. The first-order valence-electron chi connectivity index (χ1n) is 5.76. The van der Waals surface area contributed by atoms with E-state index in [0.717, 1.165) is 17.2 Å². The van der Waals surface area contributed by atoms with E-state index in [-0.39, 0.29) is 0 Å². The van der Waals surface area contributed by atoms with E-state index in [1.807, 2.05) is 42.3 Å². The van der Waals surface area contributed by atoms with Crippen LogP contribution in [0, 0.1) is 0 Å². The first-order chi connectivity index (χ1) is 8.72. The minimum Gasteiger partial charge on any atom is -0.347 e. The second kappa shape index (κ2) is 4.42. The summed E-state index contributed by atoms with van der Waals surface area (Å²) < 4.78 is 3.05. The standard InChI is InChI=1S/C13H14N4S/c1-16(8-10-7-14-17(2)9-10)13-15-11-5-3-4-6-12(11)18-13/h3-7,9H,8H2,1-2H3. The van der Waals surface area contributed by atoms with Crippen LogP contribution in [0.25, 0.3) is 10.2 Å². The lowest BCUT2D eigenvalue weighted by atomic mass is 10.3. The molecule has 0 spiro atoms. The highest BCUT2D eigenvalue weighted by Crippen LogP contribution is 2.28. The molecule has 18 heavy (non-hydrogen) atoms. The highest BCUT2D eigenvalue weighted by Gasteiger charge is 2.09. The van der Waals surface area contributed by atoms with Gasteiger partial charge in [0.1, 0.15) is 0 Å². The fourth-order valence-corrected chi connectivity index (χ4v) is 2.84. The van der Waals surface area contributed by atoms with Crippen molar-refractivity contribution in [2.24, 2.45) is 7.05 Å². The van der Waals surface area contributed by atoms with Gasteiger partial charge in [-0.15, -0.1) is 0 Å². The normalized spacial score (nSPS) is 11.0. The van der Waals surface area contributed by atoms with E-state index >= 15 is 0 Å². The minimum atomic E-state index is 0.827. The number of aromatic nitrogens is 3. The van der Waals surface area contributed by atoms with Crippen LogP contribution in [-0.4, -0.2) is 21.8 Å². The summed E-state index contributed by atoms with van der Waals surface area (Å²) in [4.78, 5) is 6.79. The molecule has 3 rings (SSSR count). The molecule has 4 nitrogen and oxygen atoms in total. The van der Waals surface area contributed by atoms with Crippen molar-refractivity contribution in [3.63, 3.8) is 0 Å². The van der Waals surface area contributed by atoms with Crippen molar-refractivity contribution in [3.05, 3.63) is 42.2 Å². The Morgan fingerprint density at radius 1 is 1.33 bits per heavy atom. The Labute approximate surface area is 109 Å². The smallest absolute Gasteiger partial charge is 0.186 e. The van der Waals surface area contributed by atoms with Crippen molar-refractivity contribution in [2.45, 2.75) is 6.54 Å². The van der Waals surface area contributed by atoms with Crippen LogP contribution in [0.5, 0.6) is 0 Å². The van der Waals surface area contributed by atoms with Gasteiger partial charge in [-0.2, -0.15) is 5.10 Å². The molecule has 0 radical (unpaired) electrons. The van der Waals surface area contributed by atoms with E-state index in [0.29, 0.717) is 0 Å². The van der Waals surface area contributed by atoms with Gasteiger partial charge in [0.2, 0.25) is 0 Å². The molecule has 0 aliphatic rings. The summed E-state index contributed by atoms with van der Waals surface area (Å²) in [5, 5.41) is 5.22. The van der Waals surface area contributed by atoms with Crippen molar-refractivity contribution < 1.29 is 0 Å². The van der Waals surface area contributed by atoms with Crippen molar-refractivity contribution in [1.82, 2.24) is 14.8 Å². The number of anilines is 1. The first-order valence-corrected chi connectivity index (χ1v) is 6.58. The van der Waals surface area contributed by atoms with E-state index in [4.69, 9.17) is 0 Å². The van der Waals surface area contributed by atoms with Gasteiger partial charge in [-0.25, -0.2) is 4.98 Å². The van der Waals surface area contributed by atoms with Gasteiger partial charge in [0.15, 0.2) is 5.13 Å². The summed E-state index contributed by atoms with van der Waals surface area (Å²) in [6.07, 6.45) is 3.92. The van der Waals surface area contributed by atoms with Crippen LogP contribution >= 0.6 is 11.3 Å². The summed E-state index contributed by atoms with van der Waals surface area (Å²) in [7, 11) is 3.99. The van der Waals surface area contributed by atoms with Gasteiger partial charge in [-0.1, -0.05) is 23.5 Å².